The van der Waals surface area contributed by atoms with Gasteiger partial charge in [-0.15, -0.1) is 11.3 Å². The molecule has 1 amide bonds. The largest absolute Gasteiger partial charge is 0.384 e. The number of carbonyl (C=O) groups excluding carboxylic acids is 1. The molecule has 2 aromatic heterocycles. The molecule has 0 unspecified atom stereocenters. The lowest BCUT2D eigenvalue weighted by atomic mass is 10.2. The summed E-state index contributed by atoms with van der Waals surface area (Å²) in [6.45, 7) is 4.42. The number of thiophene rings is 1. The summed E-state index contributed by atoms with van der Waals surface area (Å²) in [5.41, 5.74) is 2.32. The van der Waals surface area contributed by atoms with Gasteiger partial charge < -0.3 is 10.4 Å². The molecule has 21 heavy (non-hydrogen) atoms. The molecule has 2 heterocycles. The first-order valence-electron chi connectivity index (χ1n) is 6.49. The Hall–Kier alpha value is -2.16. The first kappa shape index (κ1) is 15.2. The first-order chi connectivity index (χ1) is 10.1. The summed E-state index contributed by atoms with van der Waals surface area (Å²) in [6.07, 6.45) is 3.07. The quantitative estimate of drug-likeness (QED) is 0.853. The Morgan fingerprint density at radius 1 is 1.38 bits per heavy atom. The minimum absolute atomic E-state index is 0.182. The molecule has 108 valence electrons. The number of pyridine rings is 1. The summed E-state index contributed by atoms with van der Waals surface area (Å²) in [6, 6.07) is 3.75. The van der Waals surface area contributed by atoms with Crippen LogP contribution in [0, 0.1) is 25.7 Å². The van der Waals surface area contributed by atoms with E-state index in [4.69, 9.17) is 5.11 Å². The summed E-state index contributed by atoms with van der Waals surface area (Å²) < 4.78 is 0. The molecule has 0 aromatic carbocycles. The molecule has 5 heteroatoms. The Kier molecular flexibility index (Phi) is 5.09. The van der Waals surface area contributed by atoms with Gasteiger partial charge in [-0.1, -0.05) is 11.8 Å². The fraction of sp³-hybridized carbons (Fsp3) is 0.250. The molecule has 0 saturated carbocycles. The number of hydrogen-bond donors (Lipinski definition) is 2. The highest BCUT2D eigenvalue weighted by Gasteiger charge is 2.08. The molecule has 0 aliphatic carbocycles. The molecule has 0 atom stereocenters. The van der Waals surface area contributed by atoms with Gasteiger partial charge in [0.15, 0.2) is 0 Å². The highest BCUT2D eigenvalue weighted by Crippen LogP contribution is 2.20. The number of aliphatic hydroxyl groups is 1. The normalized spacial score (nSPS) is 9.86. The summed E-state index contributed by atoms with van der Waals surface area (Å²) in [7, 11) is 0. The van der Waals surface area contributed by atoms with E-state index in [9.17, 15) is 4.79 Å². The van der Waals surface area contributed by atoms with Gasteiger partial charge in [-0.3, -0.25) is 9.78 Å². The second kappa shape index (κ2) is 7.02. The van der Waals surface area contributed by atoms with Gasteiger partial charge in [0.25, 0.3) is 5.91 Å². The summed E-state index contributed by atoms with van der Waals surface area (Å²) >= 11 is 1.69. The Morgan fingerprint density at radius 2 is 2.19 bits per heavy atom. The Bertz CT molecular complexity index is 691. The van der Waals surface area contributed by atoms with E-state index in [-0.39, 0.29) is 12.5 Å². The van der Waals surface area contributed by atoms with E-state index in [0.29, 0.717) is 17.7 Å². The van der Waals surface area contributed by atoms with Crippen molar-refractivity contribution in [3.8, 4) is 11.8 Å². The SMILES string of the molecule is Cc1cc(CNC(=O)c2cncc(C#CCO)c2)sc1C. The first-order valence-corrected chi connectivity index (χ1v) is 7.30. The van der Waals surface area contributed by atoms with Crippen molar-refractivity contribution in [1.82, 2.24) is 10.3 Å². The van der Waals surface area contributed by atoms with Crippen LogP contribution in [0.25, 0.3) is 0 Å². The average molecular weight is 300 g/mol. The number of amides is 1. The van der Waals surface area contributed by atoms with E-state index in [1.807, 2.05) is 0 Å². The van der Waals surface area contributed by atoms with Gasteiger partial charge in [-0.2, -0.15) is 0 Å². The van der Waals surface area contributed by atoms with Crippen LogP contribution in [0.1, 0.15) is 31.2 Å². The maximum absolute atomic E-state index is 12.1. The number of hydrogen-bond acceptors (Lipinski definition) is 4. The molecule has 0 bridgehead atoms. The van der Waals surface area contributed by atoms with Crippen LogP contribution in [0.15, 0.2) is 24.5 Å². The number of aryl methyl sites for hydroxylation is 2. The zero-order valence-corrected chi connectivity index (χ0v) is 12.8. The molecule has 0 aliphatic rings. The fourth-order valence-corrected chi connectivity index (χ4v) is 2.77. The summed E-state index contributed by atoms with van der Waals surface area (Å²) in [5, 5.41) is 11.5. The number of nitrogens with one attached hydrogen (secondary N) is 1. The van der Waals surface area contributed by atoms with Gasteiger partial charge in [0.05, 0.1) is 12.1 Å². The standard InChI is InChI=1S/C16H16N2O2S/c1-11-6-15(21-12(11)2)10-18-16(20)14-7-13(4-3-5-19)8-17-9-14/h6-9,19H,5,10H2,1-2H3,(H,18,20). The molecule has 4 nitrogen and oxygen atoms in total. The summed E-state index contributed by atoms with van der Waals surface area (Å²) in [5.74, 6) is 5.09. The smallest absolute Gasteiger partial charge is 0.253 e. The molecular formula is C16H16N2O2S. The molecule has 0 radical (unpaired) electrons. The van der Waals surface area contributed by atoms with E-state index < -0.39 is 0 Å². The van der Waals surface area contributed by atoms with Crippen LogP contribution < -0.4 is 5.32 Å². The Morgan fingerprint density at radius 3 is 2.86 bits per heavy atom. The Balaban J connectivity index is 2.03. The van der Waals surface area contributed by atoms with Crippen molar-refractivity contribution >= 4 is 17.2 Å². The maximum Gasteiger partial charge on any atom is 0.253 e. The van der Waals surface area contributed by atoms with Crippen molar-refractivity contribution in [2.24, 2.45) is 0 Å². The van der Waals surface area contributed by atoms with Crippen LogP contribution in [0.5, 0.6) is 0 Å². The Labute approximate surface area is 127 Å². The molecule has 0 fully saturated rings. The third-order valence-corrected chi connectivity index (χ3v) is 4.10. The van der Waals surface area contributed by atoms with Crippen molar-refractivity contribution < 1.29 is 9.90 Å². The lowest BCUT2D eigenvalue weighted by molar-refractivity contribution is 0.0951. The highest BCUT2D eigenvalue weighted by atomic mass is 32.1. The van der Waals surface area contributed by atoms with Crippen molar-refractivity contribution in [3.63, 3.8) is 0 Å². The molecule has 0 aliphatic heterocycles. The van der Waals surface area contributed by atoms with Crippen LogP contribution in [-0.2, 0) is 6.54 Å². The molecule has 2 aromatic rings. The monoisotopic (exact) mass is 300 g/mol. The number of nitrogens with zero attached hydrogens (tertiary/aromatic N) is 1. The van der Waals surface area contributed by atoms with Gasteiger partial charge in [-0.05, 0) is 31.5 Å². The van der Waals surface area contributed by atoms with Gasteiger partial charge in [0.1, 0.15) is 6.61 Å². The predicted molar refractivity (Wildman–Crippen MR) is 83.2 cm³/mol. The molecule has 0 saturated heterocycles. The summed E-state index contributed by atoms with van der Waals surface area (Å²) in [4.78, 5) is 18.5. The number of carbonyl (C=O) groups is 1. The topological polar surface area (TPSA) is 62.2 Å². The van der Waals surface area contributed by atoms with Crippen LogP contribution in [0.3, 0.4) is 0 Å². The fourth-order valence-electron chi connectivity index (χ4n) is 1.78. The van der Waals surface area contributed by atoms with Crippen molar-refractivity contribution in [1.29, 1.82) is 0 Å². The molecule has 2 rings (SSSR count). The minimum Gasteiger partial charge on any atom is -0.384 e. The van der Waals surface area contributed by atoms with E-state index in [1.165, 1.54) is 16.6 Å². The highest BCUT2D eigenvalue weighted by molar-refractivity contribution is 7.12. The average Bonchev–Trinajstić information content (AvgIpc) is 2.81. The lowest BCUT2D eigenvalue weighted by Crippen LogP contribution is -2.22. The van der Waals surface area contributed by atoms with Crippen molar-refractivity contribution in [3.05, 3.63) is 51.0 Å². The second-order valence-electron chi connectivity index (χ2n) is 4.56. The maximum atomic E-state index is 12.1. The zero-order chi connectivity index (χ0) is 15.2. The predicted octanol–water partition coefficient (Wildman–Crippen LogP) is 2.03. The van der Waals surface area contributed by atoms with E-state index >= 15 is 0 Å². The van der Waals surface area contributed by atoms with E-state index in [1.54, 1.807) is 23.6 Å². The van der Waals surface area contributed by atoms with Gasteiger partial charge in [-0.25, -0.2) is 0 Å². The van der Waals surface area contributed by atoms with Crippen LogP contribution in [0.4, 0.5) is 0 Å². The zero-order valence-electron chi connectivity index (χ0n) is 11.9. The third kappa shape index (κ3) is 4.15. The minimum atomic E-state index is -0.215. The van der Waals surface area contributed by atoms with Crippen molar-refractivity contribution in [2.45, 2.75) is 20.4 Å². The molecule has 0 spiro atoms. The third-order valence-electron chi connectivity index (χ3n) is 2.95. The van der Waals surface area contributed by atoms with Crippen LogP contribution in [0.2, 0.25) is 0 Å². The number of aromatic nitrogens is 1. The molecular weight excluding hydrogens is 284 g/mol. The van der Waals surface area contributed by atoms with Gasteiger partial charge >= 0.3 is 0 Å². The van der Waals surface area contributed by atoms with E-state index in [2.05, 4.69) is 42.1 Å². The number of rotatable bonds is 3. The van der Waals surface area contributed by atoms with Crippen LogP contribution >= 0.6 is 11.3 Å². The van der Waals surface area contributed by atoms with Gasteiger partial charge in [0.2, 0.25) is 0 Å². The van der Waals surface area contributed by atoms with Crippen LogP contribution in [-0.4, -0.2) is 22.6 Å². The van der Waals surface area contributed by atoms with Gasteiger partial charge in [0, 0.05) is 27.7 Å². The molecule has 2 N–H and O–H groups in total. The van der Waals surface area contributed by atoms with Crippen molar-refractivity contribution in [2.75, 3.05) is 6.61 Å². The number of aliphatic hydroxyl groups excluding tert-OH is 1. The lowest BCUT2D eigenvalue weighted by Gasteiger charge is -2.03. The second-order valence-corrected chi connectivity index (χ2v) is 5.90. The van der Waals surface area contributed by atoms with E-state index in [0.717, 1.165) is 4.88 Å².